The van der Waals surface area contributed by atoms with Crippen LogP contribution in [-0.4, -0.2) is 27.6 Å². The molecule has 2 aromatic rings. The van der Waals surface area contributed by atoms with Gasteiger partial charge in [-0.2, -0.15) is 0 Å². The summed E-state index contributed by atoms with van der Waals surface area (Å²) in [6.07, 6.45) is 2.35. The quantitative estimate of drug-likeness (QED) is 0.731. The molecule has 5 nitrogen and oxygen atoms in total. The standard InChI is InChI=1S/C12H12N2O3S/c15-8-1-2-10(16)9(7-8)12(17)14-4-3-11-13-5-6-18-11/h1-2,5-7,15-16H,3-4H2,(H,14,17). The van der Waals surface area contributed by atoms with Crippen molar-refractivity contribution in [3.8, 4) is 11.5 Å². The zero-order chi connectivity index (χ0) is 13.0. The number of hydrogen-bond acceptors (Lipinski definition) is 5. The van der Waals surface area contributed by atoms with E-state index in [9.17, 15) is 15.0 Å². The molecule has 0 atom stereocenters. The molecule has 0 aliphatic heterocycles. The van der Waals surface area contributed by atoms with E-state index in [2.05, 4.69) is 10.3 Å². The fourth-order valence-corrected chi connectivity index (χ4v) is 2.08. The molecule has 0 aliphatic carbocycles. The number of benzene rings is 1. The highest BCUT2D eigenvalue weighted by Crippen LogP contribution is 2.21. The van der Waals surface area contributed by atoms with E-state index in [1.54, 1.807) is 6.20 Å². The van der Waals surface area contributed by atoms with Gasteiger partial charge in [0.1, 0.15) is 11.5 Å². The van der Waals surface area contributed by atoms with Crippen molar-refractivity contribution >= 4 is 17.2 Å². The second kappa shape index (κ2) is 5.50. The number of carbonyl (C=O) groups excluding carboxylic acids is 1. The third-order valence-electron chi connectivity index (χ3n) is 2.33. The Morgan fingerprint density at radius 1 is 1.39 bits per heavy atom. The third kappa shape index (κ3) is 2.98. The Hall–Kier alpha value is -2.08. The molecule has 6 heteroatoms. The number of amides is 1. The molecular formula is C12H12N2O3S. The highest BCUT2D eigenvalue weighted by molar-refractivity contribution is 7.09. The summed E-state index contributed by atoms with van der Waals surface area (Å²) in [7, 11) is 0. The average molecular weight is 264 g/mol. The summed E-state index contributed by atoms with van der Waals surface area (Å²) in [5, 5.41) is 24.2. The molecule has 0 aliphatic rings. The Balaban J connectivity index is 1.93. The Bertz CT molecular complexity index is 540. The highest BCUT2D eigenvalue weighted by atomic mass is 32.1. The summed E-state index contributed by atoms with van der Waals surface area (Å²) in [6, 6.07) is 3.83. The predicted octanol–water partition coefficient (Wildman–Crippen LogP) is 1.53. The SMILES string of the molecule is O=C(NCCc1nccs1)c1cc(O)ccc1O. The lowest BCUT2D eigenvalue weighted by atomic mass is 10.1. The van der Waals surface area contributed by atoms with E-state index in [4.69, 9.17) is 0 Å². The summed E-state index contributed by atoms with van der Waals surface area (Å²) >= 11 is 1.52. The molecule has 1 aromatic heterocycles. The molecule has 0 saturated carbocycles. The zero-order valence-corrected chi connectivity index (χ0v) is 10.3. The van der Waals surface area contributed by atoms with Crippen LogP contribution >= 0.6 is 11.3 Å². The molecule has 0 fully saturated rings. The summed E-state index contributed by atoms with van der Waals surface area (Å²) in [5.74, 6) is -0.627. The van der Waals surface area contributed by atoms with Gasteiger partial charge in [0.05, 0.1) is 10.6 Å². The number of phenols is 2. The van der Waals surface area contributed by atoms with Crippen LogP contribution in [0.2, 0.25) is 0 Å². The molecule has 0 unspecified atom stereocenters. The highest BCUT2D eigenvalue weighted by Gasteiger charge is 2.11. The van der Waals surface area contributed by atoms with Crippen LogP contribution in [-0.2, 0) is 6.42 Å². The lowest BCUT2D eigenvalue weighted by molar-refractivity contribution is 0.0951. The summed E-state index contributed by atoms with van der Waals surface area (Å²) in [4.78, 5) is 15.8. The summed E-state index contributed by atoms with van der Waals surface area (Å²) < 4.78 is 0. The number of phenolic OH excluding ortho intramolecular Hbond substituents is 2. The Kier molecular flexibility index (Phi) is 3.78. The van der Waals surface area contributed by atoms with Gasteiger partial charge in [-0.3, -0.25) is 4.79 Å². The molecule has 0 saturated heterocycles. The average Bonchev–Trinajstić information content (AvgIpc) is 2.85. The van der Waals surface area contributed by atoms with Gasteiger partial charge in [-0.05, 0) is 18.2 Å². The third-order valence-corrected chi connectivity index (χ3v) is 3.17. The number of thiazole rings is 1. The van der Waals surface area contributed by atoms with Crippen LogP contribution in [0, 0.1) is 0 Å². The predicted molar refractivity (Wildman–Crippen MR) is 67.9 cm³/mol. The number of aromatic nitrogens is 1. The van der Waals surface area contributed by atoms with Crippen molar-refractivity contribution in [1.29, 1.82) is 0 Å². The number of aromatic hydroxyl groups is 2. The van der Waals surface area contributed by atoms with E-state index < -0.39 is 5.91 Å². The van der Waals surface area contributed by atoms with E-state index in [0.717, 1.165) is 5.01 Å². The molecule has 3 N–H and O–H groups in total. The van der Waals surface area contributed by atoms with Gasteiger partial charge < -0.3 is 15.5 Å². The van der Waals surface area contributed by atoms with Crippen molar-refractivity contribution < 1.29 is 15.0 Å². The lowest BCUT2D eigenvalue weighted by Gasteiger charge is -2.06. The van der Waals surface area contributed by atoms with Gasteiger partial charge in [-0.1, -0.05) is 0 Å². The lowest BCUT2D eigenvalue weighted by Crippen LogP contribution is -2.25. The van der Waals surface area contributed by atoms with Gasteiger partial charge in [0.2, 0.25) is 0 Å². The van der Waals surface area contributed by atoms with Crippen LogP contribution in [0.1, 0.15) is 15.4 Å². The van der Waals surface area contributed by atoms with Gasteiger partial charge in [-0.25, -0.2) is 4.98 Å². The molecule has 1 aromatic carbocycles. The molecule has 94 valence electrons. The number of nitrogens with zero attached hydrogens (tertiary/aromatic N) is 1. The first kappa shape index (κ1) is 12.4. The van der Waals surface area contributed by atoms with Crippen molar-refractivity contribution in [2.24, 2.45) is 0 Å². The zero-order valence-electron chi connectivity index (χ0n) is 9.46. The van der Waals surface area contributed by atoms with E-state index in [1.807, 2.05) is 5.38 Å². The second-order valence-electron chi connectivity index (χ2n) is 3.63. The first-order valence-electron chi connectivity index (χ1n) is 5.35. The smallest absolute Gasteiger partial charge is 0.255 e. The van der Waals surface area contributed by atoms with Crippen LogP contribution in [0.25, 0.3) is 0 Å². The van der Waals surface area contributed by atoms with Crippen molar-refractivity contribution in [3.63, 3.8) is 0 Å². The number of carbonyl (C=O) groups is 1. The second-order valence-corrected chi connectivity index (χ2v) is 4.61. The van der Waals surface area contributed by atoms with Crippen LogP contribution in [0.3, 0.4) is 0 Å². The fourth-order valence-electron chi connectivity index (χ4n) is 1.46. The van der Waals surface area contributed by atoms with Gasteiger partial charge in [-0.15, -0.1) is 11.3 Å². The van der Waals surface area contributed by atoms with E-state index >= 15 is 0 Å². The molecule has 0 bridgehead atoms. The summed E-state index contributed by atoms with van der Waals surface area (Å²) in [5.41, 5.74) is 0.0640. The van der Waals surface area contributed by atoms with Gasteiger partial charge in [0, 0.05) is 24.5 Å². The normalized spacial score (nSPS) is 10.2. The van der Waals surface area contributed by atoms with Crippen LogP contribution in [0.4, 0.5) is 0 Å². The fraction of sp³-hybridized carbons (Fsp3) is 0.167. The molecule has 0 radical (unpaired) electrons. The minimum atomic E-state index is -0.417. The Morgan fingerprint density at radius 3 is 2.94 bits per heavy atom. The maximum absolute atomic E-state index is 11.7. The molecular weight excluding hydrogens is 252 g/mol. The maximum atomic E-state index is 11.7. The number of rotatable bonds is 4. The van der Waals surface area contributed by atoms with E-state index in [-0.39, 0.29) is 17.1 Å². The van der Waals surface area contributed by atoms with E-state index in [1.165, 1.54) is 29.5 Å². The van der Waals surface area contributed by atoms with Crippen LogP contribution in [0.5, 0.6) is 11.5 Å². The first-order valence-corrected chi connectivity index (χ1v) is 6.23. The van der Waals surface area contributed by atoms with Gasteiger partial charge in [0.25, 0.3) is 5.91 Å². The molecule has 0 spiro atoms. The minimum absolute atomic E-state index is 0.0575. The first-order chi connectivity index (χ1) is 8.66. The van der Waals surface area contributed by atoms with Crippen molar-refractivity contribution in [3.05, 3.63) is 40.3 Å². The Morgan fingerprint density at radius 2 is 2.22 bits per heavy atom. The molecule has 1 heterocycles. The number of nitrogens with one attached hydrogen (secondary N) is 1. The van der Waals surface area contributed by atoms with Crippen LogP contribution in [0.15, 0.2) is 29.8 Å². The van der Waals surface area contributed by atoms with Gasteiger partial charge >= 0.3 is 0 Å². The van der Waals surface area contributed by atoms with E-state index in [0.29, 0.717) is 13.0 Å². The van der Waals surface area contributed by atoms with Crippen molar-refractivity contribution in [2.45, 2.75) is 6.42 Å². The Labute approximate surface area is 108 Å². The molecule has 2 rings (SSSR count). The van der Waals surface area contributed by atoms with Gasteiger partial charge in [0.15, 0.2) is 0 Å². The number of hydrogen-bond donors (Lipinski definition) is 3. The van der Waals surface area contributed by atoms with Crippen LogP contribution < -0.4 is 5.32 Å². The van der Waals surface area contributed by atoms with Crippen molar-refractivity contribution in [2.75, 3.05) is 6.54 Å². The topological polar surface area (TPSA) is 82.5 Å². The monoisotopic (exact) mass is 264 g/mol. The van der Waals surface area contributed by atoms with Crippen molar-refractivity contribution in [1.82, 2.24) is 10.3 Å². The summed E-state index contributed by atoms with van der Waals surface area (Å²) in [6.45, 7) is 0.432. The maximum Gasteiger partial charge on any atom is 0.255 e. The molecule has 1 amide bonds. The minimum Gasteiger partial charge on any atom is -0.508 e. The largest absolute Gasteiger partial charge is 0.508 e. The molecule has 18 heavy (non-hydrogen) atoms.